The molecule has 0 fully saturated rings. The van der Waals surface area contributed by atoms with Crippen LogP contribution in [0.25, 0.3) is 0 Å². The summed E-state index contributed by atoms with van der Waals surface area (Å²) in [5.74, 6) is -7.16. The molecule has 0 spiro atoms. The lowest BCUT2D eigenvalue weighted by atomic mass is 10.1. The standard InChI is InChI=1S/C10H8F5NO2/c11-5-2-1-3-6(7(5)8(17)18)16-4-10(14,15)9(12)13/h1-3,9,16H,4H2,(H,17,18). The van der Waals surface area contributed by atoms with Crippen LogP contribution in [0, 0.1) is 5.82 Å². The van der Waals surface area contributed by atoms with Crippen molar-refractivity contribution in [3.05, 3.63) is 29.6 Å². The molecular formula is C10H8F5NO2. The van der Waals surface area contributed by atoms with Gasteiger partial charge in [0.2, 0.25) is 0 Å². The van der Waals surface area contributed by atoms with E-state index in [0.29, 0.717) is 0 Å². The molecule has 1 rings (SSSR count). The first-order valence-corrected chi connectivity index (χ1v) is 4.67. The van der Waals surface area contributed by atoms with Crippen LogP contribution in [0.4, 0.5) is 27.6 Å². The van der Waals surface area contributed by atoms with Crippen LogP contribution in [-0.2, 0) is 0 Å². The molecule has 0 saturated heterocycles. The quantitative estimate of drug-likeness (QED) is 0.808. The number of anilines is 1. The Morgan fingerprint density at radius 3 is 2.50 bits per heavy atom. The van der Waals surface area contributed by atoms with Gasteiger partial charge in [-0.15, -0.1) is 0 Å². The molecule has 0 aliphatic rings. The van der Waals surface area contributed by atoms with Crippen LogP contribution >= 0.6 is 0 Å². The maximum atomic E-state index is 13.1. The summed E-state index contributed by atoms with van der Waals surface area (Å²) >= 11 is 0. The van der Waals surface area contributed by atoms with E-state index >= 15 is 0 Å². The van der Waals surface area contributed by atoms with Crippen molar-refractivity contribution in [2.24, 2.45) is 0 Å². The fourth-order valence-corrected chi connectivity index (χ4v) is 1.18. The third kappa shape index (κ3) is 3.08. The number of aromatic carboxylic acids is 1. The van der Waals surface area contributed by atoms with Gasteiger partial charge in [-0.3, -0.25) is 0 Å². The minimum absolute atomic E-state index is 0.483. The molecule has 1 aromatic rings. The van der Waals surface area contributed by atoms with E-state index in [4.69, 9.17) is 5.11 Å². The van der Waals surface area contributed by atoms with Crippen molar-refractivity contribution in [1.29, 1.82) is 0 Å². The maximum Gasteiger partial charge on any atom is 0.340 e. The van der Waals surface area contributed by atoms with Crippen molar-refractivity contribution in [3.8, 4) is 0 Å². The summed E-state index contributed by atoms with van der Waals surface area (Å²) in [5.41, 5.74) is -1.36. The molecule has 0 heterocycles. The van der Waals surface area contributed by atoms with E-state index in [1.807, 2.05) is 0 Å². The lowest BCUT2D eigenvalue weighted by Gasteiger charge is -2.17. The van der Waals surface area contributed by atoms with Gasteiger partial charge in [0.1, 0.15) is 11.4 Å². The zero-order valence-corrected chi connectivity index (χ0v) is 8.76. The first-order valence-electron chi connectivity index (χ1n) is 4.67. The number of halogens is 5. The molecule has 0 radical (unpaired) electrons. The summed E-state index contributed by atoms with van der Waals surface area (Å²) in [7, 11) is 0. The molecule has 0 amide bonds. The normalized spacial score (nSPS) is 11.7. The van der Waals surface area contributed by atoms with E-state index in [1.165, 1.54) is 0 Å². The van der Waals surface area contributed by atoms with Gasteiger partial charge < -0.3 is 10.4 Å². The van der Waals surface area contributed by atoms with Crippen LogP contribution < -0.4 is 5.32 Å². The molecule has 0 aromatic heterocycles. The van der Waals surface area contributed by atoms with Crippen molar-refractivity contribution in [3.63, 3.8) is 0 Å². The Kier molecular flexibility index (Phi) is 4.10. The fourth-order valence-electron chi connectivity index (χ4n) is 1.18. The zero-order chi connectivity index (χ0) is 13.9. The Morgan fingerprint density at radius 1 is 1.39 bits per heavy atom. The van der Waals surface area contributed by atoms with Gasteiger partial charge in [0.25, 0.3) is 0 Å². The number of carbonyl (C=O) groups is 1. The number of nitrogens with one attached hydrogen (secondary N) is 1. The second-order valence-electron chi connectivity index (χ2n) is 3.38. The SMILES string of the molecule is O=C(O)c1c(F)cccc1NCC(F)(F)C(F)F. The number of alkyl halides is 4. The first-order chi connectivity index (χ1) is 8.25. The van der Waals surface area contributed by atoms with Gasteiger partial charge in [0, 0.05) is 0 Å². The highest BCUT2D eigenvalue weighted by molar-refractivity contribution is 5.94. The largest absolute Gasteiger partial charge is 0.478 e. The summed E-state index contributed by atoms with van der Waals surface area (Å²) < 4.78 is 62.1. The van der Waals surface area contributed by atoms with E-state index in [1.54, 1.807) is 5.32 Å². The van der Waals surface area contributed by atoms with Crippen molar-refractivity contribution >= 4 is 11.7 Å². The molecule has 100 valence electrons. The Balaban J connectivity index is 2.92. The average molecular weight is 269 g/mol. The lowest BCUT2D eigenvalue weighted by Crippen LogP contribution is -2.35. The molecule has 18 heavy (non-hydrogen) atoms. The Morgan fingerprint density at radius 2 is 2.00 bits per heavy atom. The van der Waals surface area contributed by atoms with Crippen LogP contribution in [0.1, 0.15) is 10.4 Å². The minimum atomic E-state index is -4.33. The van der Waals surface area contributed by atoms with Crippen LogP contribution in [0.3, 0.4) is 0 Å². The van der Waals surface area contributed by atoms with E-state index in [0.717, 1.165) is 18.2 Å². The number of hydrogen-bond acceptors (Lipinski definition) is 2. The van der Waals surface area contributed by atoms with Gasteiger partial charge in [-0.1, -0.05) is 6.07 Å². The smallest absolute Gasteiger partial charge is 0.340 e. The van der Waals surface area contributed by atoms with Crippen molar-refractivity contribution in [1.82, 2.24) is 0 Å². The van der Waals surface area contributed by atoms with E-state index < -0.39 is 41.9 Å². The Bertz CT molecular complexity index is 450. The monoisotopic (exact) mass is 269 g/mol. The number of rotatable bonds is 5. The summed E-state index contributed by atoms with van der Waals surface area (Å²) in [4.78, 5) is 10.7. The number of benzene rings is 1. The van der Waals surface area contributed by atoms with Gasteiger partial charge in [0.15, 0.2) is 0 Å². The van der Waals surface area contributed by atoms with E-state index in [9.17, 15) is 26.7 Å². The molecule has 0 saturated carbocycles. The van der Waals surface area contributed by atoms with Crippen LogP contribution in [0.15, 0.2) is 18.2 Å². The molecule has 3 nitrogen and oxygen atoms in total. The highest BCUT2D eigenvalue weighted by atomic mass is 19.3. The highest BCUT2D eigenvalue weighted by Gasteiger charge is 2.40. The van der Waals surface area contributed by atoms with E-state index in [2.05, 4.69) is 0 Å². The Hall–Kier alpha value is -1.86. The second kappa shape index (κ2) is 5.19. The van der Waals surface area contributed by atoms with Crippen LogP contribution in [0.2, 0.25) is 0 Å². The number of carboxylic acid groups (broad SMARTS) is 1. The van der Waals surface area contributed by atoms with Gasteiger partial charge in [0.05, 0.1) is 12.2 Å². The molecule has 0 bridgehead atoms. The number of hydrogen-bond donors (Lipinski definition) is 2. The fraction of sp³-hybridized carbons (Fsp3) is 0.300. The Labute approximate surface area is 98.2 Å². The predicted molar refractivity (Wildman–Crippen MR) is 52.8 cm³/mol. The second-order valence-corrected chi connectivity index (χ2v) is 3.38. The molecule has 0 unspecified atom stereocenters. The van der Waals surface area contributed by atoms with Crippen LogP contribution in [0.5, 0.6) is 0 Å². The first kappa shape index (κ1) is 14.2. The zero-order valence-electron chi connectivity index (χ0n) is 8.76. The molecule has 1 aromatic carbocycles. The topological polar surface area (TPSA) is 49.3 Å². The van der Waals surface area contributed by atoms with Crippen LogP contribution in [-0.4, -0.2) is 30.0 Å². The lowest BCUT2D eigenvalue weighted by molar-refractivity contribution is -0.117. The molecule has 8 heteroatoms. The molecular weight excluding hydrogens is 261 g/mol. The highest BCUT2D eigenvalue weighted by Crippen LogP contribution is 2.25. The summed E-state index contributed by atoms with van der Waals surface area (Å²) in [6.45, 7) is -1.49. The third-order valence-corrected chi connectivity index (χ3v) is 2.06. The minimum Gasteiger partial charge on any atom is -0.478 e. The predicted octanol–water partition coefficient (Wildman–Crippen LogP) is 2.84. The summed E-state index contributed by atoms with van der Waals surface area (Å²) in [5, 5.41) is 10.5. The molecule has 0 atom stereocenters. The van der Waals surface area contributed by atoms with Gasteiger partial charge in [-0.25, -0.2) is 18.0 Å². The molecule has 0 aliphatic carbocycles. The van der Waals surface area contributed by atoms with Crippen molar-refractivity contribution in [2.45, 2.75) is 12.3 Å². The molecule has 0 aliphatic heterocycles. The van der Waals surface area contributed by atoms with Gasteiger partial charge in [-0.2, -0.15) is 8.78 Å². The number of carboxylic acids is 1. The molecule has 2 N–H and O–H groups in total. The van der Waals surface area contributed by atoms with Crippen molar-refractivity contribution in [2.75, 3.05) is 11.9 Å². The average Bonchev–Trinajstić information content (AvgIpc) is 2.25. The van der Waals surface area contributed by atoms with Gasteiger partial charge in [-0.05, 0) is 12.1 Å². The summed E-state index contributed by atoms with van der Waals surface area (Å²) in [6, 6.07) is 2.90. The van der Waals surface area contributed by atoms with E-state index in [-0.39, 0.29) is 0 Å². The maximum absolute atomic E-state index is 13.1. The van der Waals surface area contributed by atoms with Gasteiger partial charge >= 0.3 is 18.3 Å². The summed E-state index contributed by atoms with van der Waals surface area (Å²) in [6.07, 6.45) is -3.90. The van der Waals surface area contributed by atoms with Crippen molar-refractivity contribution < 1.29 is 31.9 Å². The third-order valence-electron chi connectivity index (χ3n) is 2.06.